The summed E-state index contributed by atoms with van der Waals surface area (Å²) in [6.45, 7) is 3.41. The van der Waals surface area contributed by atoms with E-state index in [2.05, 4.69) is 15.8 Å². The number of esters is 1. The number of carbonyl (C=O) groups is 2. The summed E-state index contributed by atoms with van der Waals surface area (Å²) < 4.78 is 36.7. The summed E-state index contributed by atoms with van der Waals surface area (Å²) >= 11 is 0. The van der Waals surface area contributed by atoms with Gasteiger partial charge in [-0.15, -0.1) is 0 Å². The molecule has 11 heteroatoms. The minimum absolute atomic E-state index is 0.0817. The normalized spacial score (nSPS) is 15.2. The van der Waals surface area contributed by atoms with Crippen LogP contribution in [0.1, 0.15) is 37.0 Å². The fourth-order valence-corrected chi connectivity index (χ4v) is 3.75. The SMILES string of the molecule is CCOC(=O)NNC1=NC(Cc2ccc(C#N)cc2)C(C(=O)OC)=C(C)N1c1cccc(C(F)F)c1. The Morgan fingerprint density at radius 2 is 1.94 bits per heavy atom. The summed E-state index contributed by atoms with van der Waals surface area (Å²) in [6.07, 6.45) is -3.22. The van der Waals surface area contributed by atoms with Gasteiger partial charge >= 0.3 is 12.1 Å². The van der Waals surface area contributed by atoms with Crippen LogP contribution in [0.4, 0.5) is 19.3 Å². The van der Waals surface area contributed by atoms with E-state index in [1.165, 1.54) is 30.2 Å². The number of nitrogens with zero attached hydrogens (tertiary/aromatic N) is 3. The first-order chi connectivity index (χ1) is 17.3. The summed E-state index contributed by atoms with van der Waals surface area (Å²) in [5.74, 6) is -0.555. The molecular formula is C25H25F2N5O4. The van der Waals surface area contributed by atoms with E-state index < -0.39 is 24.5 Å². The number of hydrogen-bond acceptors (Lipinski definition) is 8. The fraction of sp³-hybridized carbons (Fsp3) is 0.280. The van der Waals surface area contributed by atoms with Gasteiger partial charge in [-0.2, -0.15) is 5.26 Å². The number of hydrogen-bond donors (Lipinski definition) is 2. The van der Waals surface area contributed by atoms with Gasteiger partial charge in [0.25, 0.3) is 6.43 Å². The molecule has 3 rings (SSSR count). The first-order valence-electron chi connectivity index (χ1n) is 11.0. The van der Waals surface area contributed by atoms with Crippen molar-refractivity contribution in [2.75, 3.05) is 18.6 Å². The number of nitriles is 1. The number of amides is 1. The van der Waals surface area contributed by atoms with Crippen molar-refractivity contribution in [2.24, 2.45) is 4.99 Å². The van der Waals surface area contributed by atoms with Crippen LogP contribution in [0.25, 0.3) is 0 Å². The van der Waals surface area contributed by atoms with Gasteiger partial charge in [0, 0.05) is 16.9 Å². The fourth-order valence-electron chi connectivity index (χ4n) is 3.75. The zero-order valence-electron chi connectivity index (χ0n) is 19.9. The van der Waals surface area contributed by atoms with Gasteiger partial charge in [-0.1, -0.05) is 24.3 Å². The van der Waals surface area contributed by atoms with Gasteiger partial charge in [0.1, 0.15) is 0 Å². The van der Waals surface area contributed by atoms with Gasteiger partial charge in [0.2, 0.25) is 5.96 Å². The van der Waals surface area contributed by atoms with Crippen LogP contribution >= 0.6 is 0 Å². The number of carbonyl (C=O) groups excluding carboxylic acids is 2. The molecule has 0 radical (unpaired) electrons. The van der Waals surface area contributed by atoms with Crippen LogP contribution in [-0.4, -0.2) is 37.8 Å². The molecule has 1 aliphatic heterocycles. The molecule has 188 valence electrons. The molecular weight excluding hydrogens is 472 g/mol. The average Bonchev–Trinajstić information content (AvgIpc) is 2.87. The number of nitrogens with one attached hydrogen (secondary N) is 2. The van der Waals surface area contributed by atoms with Gasteiger partial charge < -0.3 is 9.47 Å². The molecule has 2 N–H and O–H groups in total. The van der Waals surface area contributed by atoms with E-state index in [-0.39, 0.29) is 30.1 Å². The maximum absolute atomic E-state index is 13.4. The van der Waals surface area contributed by atoms with Gasteiger partial charge in [0.15, 0.2) is 0 Å². The van der Waals surface area contributed by atoms with Crippen molar-refractivity contribution < 1.29 is 27.8 Å². The maximum atomic E-state index is 13.4. The lowest BCUT2D eigenvalue weighted by Crippen LogP contribution is -2.53. The zero-order valence-corrected chi connectivity index (χ0v) is 19.9. The standard InChI is InChI=1S/C25H25F2N5O4/c1-4-36-25(34)31-30-24-29-20(12-16-8-10-17(14-28)11-9-16)21(23(33)35-3)15(2)32(24)19-7-5-6-18(13-19)22(26)27/h5-11,13,20,22H,4,12H2,1-3H3,(H,29,30)(H,31,34). The maximum Gasteiger partial charge on any atom is 0.426 e. The molecule has 2 aromatic rings. The minimum atomic E-state index is -2.71. The highest BCUT2D eigenvalue weighted by Gasteiger charge is 2.34. The molecule has 0 bridgehead atoms. The van der Waals surface area contributed by atoms with E-state index in [1.807, 2.05) is 6.07 Å². The molecule has 9 nitrogen and oxygen atoms in total. The Balaban J connectivity index is 2.08. The van der Waals surface area contributed by atoms with Crippen molar-refractivity contribution >= 4 is 23.7 Å². The highest BCUT2D eigenvalue weighted by Crippen LogP contribution is 2.32. The van der Waals surface area contributed by atoms with Crippen molar-refractivity contribution in [3.63, 3.8) is 0 Å². The molecule has 1 heterocycles. The quantitative estimate of drug-likeness (QED) is 0.458. The van der Waals surface area contributed by atoms with Crippen molar-refractivity contribution in [1.29, 1.82) is 5.26 Å². The number of ether oxygens (including phenoxy) is 2. The van der Waals surface area contributed by atoms with Crippen LogP contribution in [-0.2, 0) is 20.7 Å². The third-order valence-corrected chi connectivity index (χ3v) is 5.40. The summed E-state index contributed by atoms with van der Waals surface area (Å²) in [6, 6.07) is 13.7. The largest absolute Gasteiger partial charge is 0.466 e. The highest BCUT2D eigenvalue weighted by atomic mass is 19.3. The number of allylic oxidation sites excluding steroid dienone is 1. The number of guanidine groups is 1. The molecule has 0 saturated heterocycles. The van der Waals surface area contributed by atoms with E-state index in [0.29, 0.717) is 16.9 Å². The lowest BCUT2D eigenvalue weighted by molar-refractivity contribution is -0.136. The second-order valence-corrected chi connectivity index (χ2v) is 7.67. The van der Waals surface area contributed by atoms with E-state index in [1.54, 1.807) is 44.2 Å². The molecule has 0 aliphatic carbocycles. The van der Waals surface area contributed by atoms with Crippen LogP contribution in [0.15, 0.2) is 64.8 Å². The van der Waals surface area contributed by atoms with E-state index in [4.69, 9.17) is 14.7 Å². The Kier molecular flexibility index (Phi) is 8.57. The Labute approximate surface area is 207 Å². The Bertz CT molecular complexity index is 1220. The van der Waals surface area contributed by atoms with Gasteiger partial charge in [0.05, 0.1) is 37.0 Å². The third kappa shape index (κ3) is 5.96. The lowest BCUT2D eigenvalue weighted by atomic mass is 9.95. The van der Waals surface area contributed by atoms with E-state index >= 15 is 0 Å². The Morgan fingerprint density at radius 3 is 2.56 bits per heavy atom. The van der Waals surface area contributed by atoms with Crippen molar-refractivity contribution in [3.05, 3.63) is 76.5 Å². The molecule has 36 heavy (non-hydrogen) atoms. The number of benzene rings is 2. The van der Waals surface area contributed by atoms with E-state index in [9.17, 15) is 18.4 Å². The number of aliphatic imine (C=N–C) groups is 1. The number of methoxy groups -OCH3 is 1. The first kappa shape index (κ1) is 26.2. The topological polar surface area (TPSA) is 116 Å². The summed E-state index contributed by atoms with van der Waals surface area (Å²) in [5, 5.41) is 9.05. The number of alkyl halides is 2. The monoisotopic (exact) mass is 497 g/mol. The number of halogens is 2. The van der Waals surface area contributed by atoms with Crippen LogP contribution in [0.3, 0.4) is 0 Å². The smallest absolute Gasteiger partial charge is 0.426 e. The van der Waals surface area contributed by atoms with Crippen molar-refractivity contribution in [3.8, 4) is 6.07 Å². The number of rotatable bonds is 6. The second-order valence-electron chi connectivity index (χ2n) is 7.67. The molecule has 1 amide bonds. The van der Waals surface area contributed by atoms with Gasteiger partial charge in [-0.3, -0.25) is 10.3 Å². The van der Waals surface area contributed by atoms with Crippen molar-refractivity contribution in [2.45, 2.75) is 32.7 Å². The van der Waals surface area contributed by atoms with Crippen LogP contribution in [0.5, 0.6) is 0 Å². The van der Waals surface area contributed by atoms with Crippen LogP contribution in [0.2, 0.25) is 0 Å². The summed E-state index contributed by atoms with van der Waals surface area (Å²) in [5.41, 5.74) is 6.97. The Morgan fingerprint density at radius 1 is 1.22 bits per heavy atom. The molecule has 1 atom stereocenters. The number of anilines is 1. The number of hydrazine groups is 1. The molecule has 2 aromatic carbocycles. The second kappa shape index (κ2) is 11.8. The first-order valence-corrected chi connectivity index (χ1v) is 11.0. The molecule has 1 unspecified atom stereocenters. The average molecular weight is 498 g/mol. The minimum Gasteiger partial charge on any atom is -0.466 e. The highest BCUT2D eigenvalue weighted by molar-refractivity contribution is 6.04. The van der Waals surface area contributed by atoms with Gasteiger partial charge in [-0.25, -0.2) is 28.8 Å². The molecule has 0 aromatic heterocycles. The predicted octanol–water partition coefficient (Wildman–Crippen LogP) is 3.98. The molecule has 1 aliphatic rings. The lowest BCUT2D eigenvalue weighted by Gasteiger charge is -2.35. The summed E-state index contributed by atoms with van der Waals surface area (Å²) in [4.78, 5) is 30.8. The summed E-state index contributed by atoms with van der Waals surface area (Å²) in [7, 11) is 1.24. The third-order valence-electron chi connectivity index (χ3n) is 5.40. The van der Waals surface area contributed by atoms with E-state index in [0.717, 1.165) is 5.56 Å². The van der Waals surface area contributed by atoms with Gasteiger partial charge in [-0.05, 0) is 50.1 Å². The molecule has 0 saturated carbocycles. The zero-order chi connectivity index (χ0) is 26.2. The predicted molar refractivity (Wildman–Crippen MR) is 128 cm³/mol. The van der Waals surface area contributed by atoms with Crippen molar-refractivity contribution in [1.82, 2.24) is 10.9 Å². The Hall–Kier alpha value is -4.46. The van der Waals surface area contributed by atoms with Crippen LogP contribution < -0.4 is 15.8 Å². The molecule has 0 spiro atoms. The van der Waals surface area contributed by atoms with Crippen LogP contribution in [0, 0.1) is 11.3 Å². The molecule has 0 fully saturated rings.